The maximum atomic E-state index is 2.68. The lowest BCUT2D eigenvalue weighted by Gasteiger charge is -2.57. The topological polar surface area (TPSA) is 0 Å². The lowest BCUT2D eigenvalue weighted by Crippen LogP contribution is -2.49. The monoisotopic (exact) mass is 494 g/mol. The number of hydrogen-bond donors (Lipinski definition) is 0. The van der Waals surface area contributed by atoms with Crippen molar-refractivity contribution in [2.75, 3.05) is 0 Å². The first-order chi connectivity index (χ1) is 16.9. The van der Waals surface area contributed by atoms with E-state index in [-0.39, 0.29) is 0 Å². The van der Waals surface area contributed by atoms with Crippen LogP contribution in [-0.4, -0.2) is 8.07 Å². The van der Waals surface area contributed by atoms with E-state index in [4.69, 9.17) is 0 Å². The van der Waals surface area contributed by atoms with Crippen LogP contribution in [0, 0.1) is 70.5 Å². The van der Waals surface area contributed by atoms with Crippen molar-refractivity contribution in [3.05, 3.63) is 0 Å². The molecule has 11 atom stereocenters. The minimum Gasteiger partial charge on any atom is -0.0693 e. The predicted molar refractivity (Wildman–Crippen MR) is 152 cm³/mol. The Morgan fingerprint density at radius 1 is 0.571 bits per heavy atom. The van der Waals surface area contributed by atoms with Crippen LogP contribution in [0.15, 0.2) is 0 Å². The summed E-state index contributed by atoms with van der Waals surface area (Å²) in [5.41, 5.74) is 1.94. The molecule has 0 spiro atoms. The molecule has 1 heteroatoms. The summed E-state index contributed by atoms with van der Waals surface area (Å²) >= 11 is 0. The van der Waals surface area contributed by atoms with Crippen molar-refractivity contribution < 1.29 is 0 Å². The fourth-order valence-electron chi connectivity index (χ4n) is 13.4. The Balaban J connectivity index is 1.24. The summed E-state index contributed by atoms with van der Waals surface area (Å²) in [5, 5.41) is 0. The van der Waals surface area contributed by atoms with Crippen LogP contribution in [0.4, 0.5) is 0 Å². The minimum atomic E-state index is -0.994. The highest BCUT2D eigenvalue weighted by atomic mass is 28.3. The first kappa shape index (κ1) is 24.3. The maximum absolute atomic E-state index is 2.68. The molecule has 0 bridgehead atoms. The smallest absolute Gasteiger partial charge is 0.0473 e. The van der Waals surface area contributed by atoms with Crippen LogP contribution in [0.3, 0.4) is 0 Å². The van der Waals surface area contributed by atoms with Crippen LogP contribution in [-0.2, 0) is 0 Å². The lowest BCUT2D eigenvalue weighted by molar-refractivity contribution is -0.0766. The molecule has 0 saturated heterocycles. The molecule has 0 aromatic rings. The third kappa shape index (κ3) is 3.76. The van der Waals surface area contributed by atoms with Crippen molar-refractivity contribution in [3.63, 3.8) is 0 Å². The van der Waals surface area contributed by atoms with Gasteiger partial charge in [0.2, 0.25) is 0 Å². The van der Waals surface area contributed by atoms with Gasteiger partial charge in [0, 0.05) is 8.07 Å². The fraction of sp³-hybridized carbons (Fsp3) is 1.00. The van der Waals surface area contributed by atoms with E-state index in [2.05, 4.69) is 26.6 Å². The molecule has 198 valence electrons. The molecular formula is C34H58Si. The molecule has 0 aromatic heterocycles. The fourth-order valence-corrected chi connectivity index (χ4v) is 15.4. The van der Waals surface area contributed by atoms with Crippen molar-refractivity contribution in [2.24, 2.45) is 70.5 Å². The van der Waals surface area contributed by atoms with E-state index in [9.17, 15) is 0 Å². The van der Waals surface area contributed by atoms with Gasteiger partial charge in [-0.3, -0.25) is 0 Å². The first-order valence-corrected chi connectivity index (χ1v) is 20.4. The van der Waals surface area contributed by atoms with Crippen LogP contribution in [0.25, 0.3) is 0 Å². The molecule has 7 aliphatic rings. The molecule has 7 aliphatic carbocycles. The van der Waals surface area contributed by atoms with Gasteiger partial charge < -0.3 is 0 Å². The minimum absolute atomic E-state index is 0.815. The summed E-state index contributed by atoms with van der Waals surface area (Å²) in [7, 11) is -0.994. The zero-order valence-electron chi connectivity index (χ0n) is 23.9. The van der Waals surface area contributed by atoms with Crippen LogP contribution in [0.1, 0.15) is 116 Å². The Morgan fingerprint density at radius 2 is 1.14 bits per heavy atom. The standard InChI is InChI=1S/C34H58Si/c1-22-10-14-27-23(20-22)11-15-29-31(27)32-28-17-13-26(35(2,3)4)21-24(28)12-16-30(32)33(29)34(18-7-19-34)25-8-5-6-9-25/h22-33H,5-21H2,1-4H3. The van der Waals surface area contributed by atoms with Crippen LogP contribution in [0.5, 0.6) is 0 Å². The van der Waals surface area contributed by atoms with Crippen molar-refractivity contribution in [3.8, 4) is 0 Å². The number of rotatable bonds is 3. The third-order valence-corrected chi connectivity index (χ3v) is 17.7. The summed E-state index contributed by atoms with van der Waals surface area (Å²) in [6.45, 7) is 10.6. The van der Waals surface area contributed by atoms with Gasteiger partial charge in [-0.05, 0) is 153 Å². The van der Waals surface area contributed by atoms with Crippen molar-refractivity contribution in [2.45, 2.75) is 141 Å². The Labute approximate surface area is 219 Å². The highest BCUT2D eigenvalue weighted by Crippen LogP contribution is 2.73. The summed E-state index contributed by atoms with van der Waals surface area (Å²) in [6.07, 6.45) is 27.4. The Bertz CT molecular complexity index is 768. The first-order valence-electron chi connectivity index (χ1n) is 16.9. The van der Waals surface area contributed by atoms with Crippen LogP contribution >= 0.6 is 0 Å². The zero-order chi connectivity index (χ0) is 23.9. The van der Waals surface area contributed by atoms with Crippen LogP contribution in [0.2, 0.25) is 25.2 Å². The second-order valence-corrected chi connectivity index (χ2v) is 22.4. The Hall–Kier alpha value is 0.217. The van der Waals surface area contributed by atoms with E-state index in [1.54, 1.807) is 109 Å². The van der Waals surface area contributed by atoms with Crippen molar-refractivity contribution >= 4 is 8.07 Å². The molecule has 0 nitrogen and oxygen atoms in total. The summed E-state index contributed by atoms with van der Waals surface area (Å²) < 4.78 is 0. The van der Waals surface area contributed by atoms with E-state index in [0.717, 1.165) is 76.1 Å². The molecule has 7 saturated carbocycles. The highest BCUT2D eigenvalue weighted by Gasteiger charge is 2.66. The van der Waals surface area contributed by atoms with Crippen molar-refractivity contribution in [1.82, 2.24) is 0 Å². The molecule has 7 rings (SSSR count). The molecule has 7 fully saturated rings. The third-order valence-electron chi connectivity index (χ3n) is 14.8. The van der Waals surface area contributed by atoms with Gasteiger partial charge in [-0.15, -0.1) is 0 Å². The van der Waals surface area contributed by atoms with E-state index in [1.807, 2.05) is 0 Å². The van der Waals surface area contributed by atoms with Gasteiger partial charge in [0.05, 0.1) is 0 Å². The van der Waals surface area contributed by atoms with E-state index in [0.29, 0.717) is 0 Å². The van der Waals surface area contributed by atoms with Gasteiger partial charge in [-0.2, -0.15) is 0 Å². The van der Waals surface area contributed by atoms with E-state index in [1.165, 1.54) is 0 Å². The number of hydrogen-bond acceptors (Lipinski definition) is 0. The lowest BCUT2D eigenvalue weighted by atomic mass is 9.48. The van der Waals surface area contributed by atoms with Gasteiger partial charge in [0.25, 0.3) is 0 Å². The van der Waals surface area contributed by atoms with Gasteiger partial charge >= 0.3 is 0 Å². The van der Waals surface area contributed by atoms with Crippen molar-refractivity contribution in [1.29, 1.82) is 0 Å². The molecule has 35 heavy (non-hydrogen) atoms. The molecule has 0 amide bonds. The second-order valence-electron chi connectivity index (χ2n) is 16.9. The van der Waals surface area contributed by atoms with Gasteiger partial charge in [-0.25, -0.2) is 0 Å². The predicted octanol–water partition coefficient (Wildman–Crippen LogP) is 10.2. The quantitative estimate of drug-likeness (QED) is 0.342. The highest BCUT2D eigenvalue weighted by molar-refractivity contribution is 6.77. The van der Waals surface area contributed by atoms with Gasteiger partial charge in [0.15, 0.2) is 0 Å². The largest absolute Gasteiger partial charge is 0.0693 e. The zero-order valence-corrected chi connectivity index (χ0v) is 24.9. The summed E-state index contributed by atoms with van der Waals surface area (Å²) in [5.74, 6) is 12.4. The van der Waals surface area contributed by atoms with E-state index < -0.39 is 8.07 Å². The average molecular weight is 495 g/mol. The average Bonchev–Trinajstić information content (AvgIpc) is 3.45. The Morgan fingerprint density at radius 3 is 1.71 bits per heavy atom. The molecular weight excluding hydrogens is 436 g/mol. The summed E-state index contributed by atoms with van der Waals surface area (Å²) in [6, 6.07) is 0. The number of fused-ring (bicyclic) bond motifs is 7. The second kappa shape index (κ2) is 8.88. The van der Waals surface area contributed by atoms with Gasteiger partial charge in [0.1, 0.15) is 0 Å². The molecule has 0 aliphatic heterocycles. The SMILES string of the molecule is CC1CCC2C(CCC3C2C2C4CCC([Si](C)(C)C)CC4CCC2C3C2(C3CCCC3)CCC2)C1. The van der Waals surface area contributed by atoms with Gasteiger partial charge in [-0.1, -0.05) is 58.7 Å². The molecule has 0 N–H and O–H groups in total. The molecule has 0 radical (unpaired) electrons. The Kier molecular flexibility index (Phi) is 6.16. The molecule has 11 unspecified atom stereocenters. The molecule has 0 heterocycles. The van der Waals surface area contributed by atoms with Crippen LogP contribution < -0.4 is 0 Å². The van der Waals surface area contributed by atoms with E-state index >= 15 is 0 Å². The normalized spacial score (nSPS) is 51.6. The molecule has 0 aromatic carbocycles. The maximum Gasteiger partial charge on any atom is 0.0473 e. The summed E-state index contributed by atoms with van der Waals surface area (Å²) in [4.78, 5) is 0.